The molecule has 1 aliphatic carbocycles. The van der Waals surface area contributed by atoms with Gasteiger partial charge in [-0.1, -0.05) is 114 Å². The van der Waals surface area contributed by atoms with E-state index in [-0.39, 0.29) is 5.41 Å². The van der Waals surface area contributed by atoms with Gasteiger partial charge in [0.05, 0.1) is 5.41 Å². The molecular formula is C26H24. The van der Waals surface area contributed by atoms with Crippen LogP contribution in [-0.4, -0.2) is 0 Å². The van der Waals surface area contributed by atoms with Gasteiger partial charge >= 0.3 is 0 Å². The summed E-state index contributed by atoms with van der Waals surface area (Å²) in [6.07, 6.45) is 4.76. The molecule has 0 amide bonds. The minimum atomic E-state index is -0.234. The molecule has 0 radical (unpaired) electrons. The first-order valence-corrected chi connectivity index (χ1v) is 9.26. The molecule has 3 aromatic rings. The molecule has 0 fully saturated rings. The highest BCUT2D eigenvalue weighted by molar-refractivity contribution is 5.56. The number of rotatable bonds is 4. The summed E-state index contributed by atoms with van der Waals surface area (Å²) in [6.45, 7) is 4.47. The SMILES string of the molecule is CC1=CC(C(c2ccccc2)(c2ccccc2)c2ccccc2)C(C)=C1. The highest BCUT2D eigenvalue weighted by Gasteiger charge is 2.44. The summed E-state index contributed by atoms with van der Waals surface area (Å²) in [5, 5.41) is 0. The van der Waals surface area contributed by atoms with Crippen molar-refractivity contribution in [2.75, 3.05) is 0 Å². The van der Waals surface area contributed by atoms with Crippen LogP contribution in [0.25, 0.3) is 0 Å². The molecular weight excluding hydrogens is 312 g/mol. The van der Waals surface area contributed by atoms with E-state index in [1.165, 1.54) is 27.8 Å². The molecule has 0 aromatic heterocycles. The minimum Gasteiger partial charge on any atom is -0.0728 e. The molecule has 0 heterocycles. The van der Waals surface area contributed by atoms with Crippen molar-refractivity contribution in [2.24, 2.45) is 5.92 Å². The molecule has 128 valence electrons. The molecule has 4 rings (SSSR count). The Balaban J connectivity index is 2.10. The van der Waals surface area contributed by atoms with Crippen LogP contribution in [0, 0.1) is 5.92 Å². The lowest BCUT2D eigenvalue weighted by molar-refractivity contribution is 0.507. The fraction of sp³-hybridized carbons (Fsp3) is 0.154. The van der Waals surface area contributed by atoms with Crippen LogP contribution in [0.5, 0.6) is 0 Å². The minimum absolute atomic E-state index is 0.234. The zero-order valence-corrected chi connectivity index (χ0v) is 15.4. The summed E-state index contributed by atoms with van der Waals surface area (Å²) in [4.78, 5) is 0. The largest absolute Gasteiger partial charge is 0.0728 e. The van der Waals surface area contributed by atoms with Crippen molar-refractivity contribution in [3.63, 3.8) is 0 Å². The molecule has 0 nitrogen and oxygen atoms in total. The predicted octanol–water partition coefficient (Wildman–Crippen LogP) is 6.54. The van der Waals surface area contributed by atoms with Gasteiger partial charge in [-0.2, -0.15) is 0 Å². The number of benzene rings is 3. The summed E-state index contributed by atoms with van der Waals surface area (Å²) in [7, 11) is 0. The molecule has 0 saturated heterocycles. The van der Waals surface area contributed by atoms with Crippen molar-refractivity contribution >= 4 is 0 Å². The first-order valence-electron chi connectivity index (χ1n) is 9.26. The third-order valence-electron chi connectivity index (χ3n) is 5.53. The first-order chi connectivity index (χ1) is 12.7. The molecule has 1 unspecified atom stereocenters. The average molecular weight is 336 g/mol. The van der Waals surface area contributed by atoms with Gasteiger partial charge in [-0.05, 0) is 30.5 Å². The Bertz CT molecular complexity index is 834. The van der Waals surface area contributed by atoms with Gasteiger partial charge in [-0.15, -0.1) is 0 Å². The molecule has 0 N–H and O–H groups in total. The molecule has 26 heavy (non-hydrogen) atoms. The van der Waals surface area contributed by atoms with Crippen molar-refractivity contribution < 1.29 is 0 Å². The molecule has 0 heteroatoms. The van der Waals surface area contributed by atoms with Gasteiger partial charge in [0.2, 0.25) is 0 Å². The van der Waals surface area contributed by atoms with E-state index in [0.29, 0.717) is 5.92 Å². The maximum absolute atomic E-state index is 2.43. The third kappa shape index (κ3) is 2.63. The zero-order chi connectivity index (χ0) is 18.0. The van der Waals surface area contributed by atoms with Crippen LogP contribution in [0.1, 0.15) is 30.5 Å². The first kappa shape index (κ1) is 16.6. The van der Waals surface area contributed by atoms with Gasteiger partial charge in [0.15, 0.2) is 0 Å². The molecule has 1 aliphatic rings. The Hall–Kier alpha value is -2.86. The van der Waals surface area contributed by atoms with E-state index in [4.69, 9.17) is 0 Å². The number of allylic oxidation sites excluding steroid dienone is 4. The van der Waals surface area contributed by atoms with Gasteiger partial charge in [-0.25, -0.2) is 0 Å². The second kappa shape index (κ2) is 6.80. The summed E-state index contributed by atoms with van der Waals surface area (Å²) in [5.74, 6) is 0.301. The maximum Gasteiger partial charge on any atom is 0.0551 e. The molecule has 0 saturated carbocycles. The normalized spacial score (nSPS) is 16.9. The van der Waals surface area contributed by atoms with Crippen molar-refractivity contribution in [1.82, 2.24) is 0 Å². The molecule has 0 aliphatic heterocycles. The molecule has 0 bridgehead atoms. The van der Waals surface area contributed by atoms with Crippen molar-refractivity contribution in [2.45, 2.75) is 19.3 Å². The lowest BCUT2D eigenvalue weighted by atomic mass is 9.60. The van der Waals surface area contributed by atoms with Crippen molar-refractivity contribution in [3.8, 4) is 0 Å². The Morgan fingerprint density at radius 1 is 0.577 bits per heavy atom. The van der Waals surface area contributed by atoms with Crippen LogP contribution in [0.3, 0.4) is 0 Å². The number of hydrogen-bond donors (Lipinski definition) is 0. The Labute approximate surface area is 156 Å². The lowest BCUT2D eigenvalue weighted by Gasteiger charge is -2.41. The Kier molecular flexibility index (Phi) is 4.34. The standard InChI is InChI=1S/C26H24/c1-20-18-21(2)25(19-20)26(22-12-6-3-7-13-22,23-14-8-4-9-15-23)24-16-10-5-11-17-24/h3-19,25H,1-2H3. The summed E-state index contributed by atoms with van der Waals surface area (Å²) < 4.78 is 0. The van der Waals surface area contributed by atoms with E-state index in [0.717, 1.165) is 0 Å². The fourth-order valence-electron chi connectivity index (χ4n) is 4.50. The van der Waals surface area contributed by atoms with Crippen LogP contribution in [0.4, 0.5) is 0 Å². The van der Waals surface area contributed by atoms with E-state index in [1.807, 2.05) is 0 Å². The highest BCUT2D eigenvalue weighted by atomic mass is 14.5. The summed E-state index contributed by atoms with van der Waals surface area (Å²) >= 11 is 0. The monoisotopic (exact) mass is 336 g/mol. The predicted molar refractivity (Wildman–Crippen MR) is 110 cm³/mol. The maximum atomic E-state index is 2.43. The lowest BCUT2D eigenvalue weighted by Crippen LogP contribution is -2.37. The van der Waals surface area contributed by atoms with Gasteiger partial charge in [-0.3, -0.25) is 0 Å². The highest BCUT2D eigenvalue weighted by Crippen LogP contribution is 2.50. The molecule has 3 aromatic carbocycles. The average Bonchev–Trinajstić information content (AvgIpc) is 3.03. The third-order valence-corrected chi connectivity index (χ3v) is 5.53. The van der Waals surface area contributed by atoms with Gasteiger partial charge < -0.3 is 0 Å². The van der Waals surface area contributed by atoms with Gasteiger partial charge in [0.1, 0.15) is 0 Å². The summed E-state index contributed by atoms with van der Waals surface area (Å²) in [5.41, 5.74) is 6.53. The Morgan fingerprint density at radius 3 is 1.27 bits per heavy atom. The van der Waals surface area contributed by atoms with Crippen LogP contribution >= 0.6 is 0 Å². The second-order valence-corrected chi connectivity index (χ2v) is 7.18. The van der Waals surface area contributed by atoms with E-state index in [9.17, 15) is 0 Å². The fourth-order valence-corrected chi connectivity index (χ4v) is 4.50. The number of hydrogen-bond acceptors (Lipinski definition) is 0. The quantitative estimate of drug-likeness (QED) is 0.474. The van der Waals surface area contributed by atoms with Crippen LogP contribution in [0.2, 0.25) is 0 Å². The summed E-state index contributed by atoms with van der Waals surface area (Å²) in [6, 6.07) is 32.9. The van der Waals surface area contributed by atoms with Crippen LogP contribution in [0.15, 0.2) is 114 Å². The zero-order valence-electron chi connectivity index (χ0n) is 15.4. The van der Waals surface area contributed by atoms with Gasteiger partial charge in [0.25, 0.3) is 0 Å². The van der Waals surface area contributed by atoms with E-state index >= 15 is 0 Å². The topological polar surface area (TPSA) is 0 Å². The van der Waals surface area contributed by atoms with Crippen molar-refractivity contribution in [3.05, 3.63) is 131 Å². The smallest absolute Gasteiger partial charge is 0.0551 e. The van der Waals surface area contributed by atoms with Crippen LogP contribution in [-0.2, 0) is 5.41 Å². The molecule has 0 spiro atoms. The van der Waals surface area contributed by atoms with E-state index in [1.54, 1.807) is 0 Å². The van der Waals surface area contributed by atoms with E-state index in [2.05, 4.69) is 117 Å². The molecule has 1 atom stereocenters. The van der Waals surface area contributed by atoms with Crippen LogP contribution < -0.4 is 0 Å². The second-order valence-electron chi connectivity index (χ2n) is 7.18. The van der Waals surface area contributed by atoms with Crippen molar-refractivity contribution in [1.29, 1.82) is 0 Å². The Morgan fingerprint density at radius 2 is 0.962 bits per heavy atom. The van der Waals surface area contributed by atoms with E-state index < -0.39 is 0 Å². The van der Waals surface area contributed by atoms with Gasteiger partial charge in [0, 0.05) is 5.92 Å².